The number of nitrogens with zero attached hydrogens (tertiary/aromatic N) is 2. The van der Waals surface area contributed by atoms with Crippen LogP contribution in [0.25, 0.3) is 0 Å². The third kappa shape index (κ3) is 3.50. The first-order valence-electron chi connectivity index (χ1n) is 4.93. The topological polar surface area (TPSA) is 64.1 Å². The van der Waals surface area contributed by atoms with Crippen molar-refractivity contribution in [2.75, 3.05) is 12.4 Å². The summed E-state index contributed by atoms with van der Waals surface area (Å²) in [5.74, 6) is -0.210. The third-order valence-corrected chi connectivity index (χ3v) is 3.77. The largest absolute Gasteiger partial charge is 0.469 e. The summed E-state index contributed by atoms with van der Waals surface area (Å²) in [6.45, 7) is 0.718. The van der Waals surface area contributed by atoms with Crippen LogP contribution in [0.2, 0.25) is 0 Å². The number of methoxy groups -OCH3 is 1. The fourth-order valence-corrected chi connectivity index (χ4v) is 2.60. The Balaban J connectivity index is 1.88. The van der Waals surface area contributed by atoms with E-state index in [0.29, 0.717) is 6.42 Å². The second-order valence-corrected chi connectivity index (χ2v) is 5.29. The molecule has 0 fully saturated rings. The quantitative estimate of drug-likeness (QED) is 0.840. The van der Waals surface area contributed by atoms with Gasteiger partial charge >= 0.3 is 5.97 Å². The summed E-state index contributed by atoms with van der Waals surface area (Å²) in [6.07, 6.45) is 2.02. The molecule has 5 nitrogen and oxygen atoms in total. The van der Waals surface area contributed by atoms with Crippen molar-refractivity contribution in [2.24, 2.45) is 0 Å². The molecule has 0 aliphatic carbocycles. The third-order valence-electron chi connectivity index (χ3n) is 2.06. The van der Waals surface area contributed by atoms with Crippen LogP contribution in [0, 0.1) is 0 Å². The molecule has 0 unspecified atom stereocenters. The van der Waals surface area contributed by atoms with E-state index in [0.717, 1.165) is 21.3 Å². The van der Waals surface area contributed by atoms with Crippen LogP contribution in [0.15, 0.2) is 18.3 Å². The van der Waals surface area contributed by atoms with E-state index in [4.69, 9.17) is 0 Å². The number of carbonyl (C=O) groups excluding carboxylic acids is 1. The van der Waals surface area contributed by atoms with Crippen molar-refractivity contribution in [3.05, 3.63) is 28.1 Å². The number of nitrogens with one attached hydrogen (secondary N) is 1. The number of hydrogen-bond donors (Lipinski definition) is 1. The van der Waals surface area contributed by atoms with E-state index in [2.05, 4.69) is 19.6 Å². The summed E-state index contributed by atoms with van der Waals surface area (Å²) < 4.78 is 8.38. The zero-order valence-electron chi connectivity index (χ0n) is 9.17. The minimum absolute atomic E-state index is 0.210. The summed E-state index contributed by atoms with van der Waals surface area (Å²) in [5, 5.41) is 7.89. The molecule has 90 valence electrons. The van der Waals surface area contributed by atoms with Crippen molar-refractivity contribution in [3.63, 3.8) is 0 Å². The van der Waals surface area contributed by atoms with Gasteiger partial charge in [-0.3, -0.25) is 4.79 Å². The molecule has 0 aromatic carbocycles. The van der Waals surface area contributed by atoms with Crippen LogP contribution in [-0.2, 0) is 22.5 Å². The summed E-state index contributed by atoms with van der Waals surface area (Å²) in [5.41, 5.74) is 0. The number of ether oxygens (including phenoxy) is 1. The standard InChI is InChI=1S/C10H11N3O2S2/c1-15-10(14)4-7-2-3-8(16-7)5-11-9-6-12-13-17-9/h2-3,6,11H,4-5H2,1H3. The summed E-state index contributed by atoms with van der Waals surface area (Å²) in [6, 6.07) is 3.95. The van der Waals surface area contributed by atoms with E-state index in [1.54, 1.807) is 17.5 Å². The smallest absolute Gasteiger partial charge is 0.310 e. The fraction of sp³-hybridized carbons (Fsp3) is 0.300. The summed E-state index contributed by atoms with van der Waals surface area (Å²) in [7, 11) is 1.40. The van der Waals surface area contributed by atoms with Gasteiger partial charge in [0.15, 0.2) is 0 Å². The maximum atomic E-state index is 11.1. The molecular formula is C10H11N3O2S2. The molecule has 0 bridgehead atoms. The normalized spacial score (nSPS) is 10.2. The highest BCUT2D eigenvalue weighted by molar-refractivity contribution is 7.12. The lowest BCUT2D eigenvalue weighted by atomic mass is 10.3. The first-order valence-corrected chi connectivity index (χ1v) is 6.52. The number of hydrogen-bond acceptors (Lipinski definition) is 7. The zero-order valence-corrected chi connectivity index (χ0v) is 10.8. The van der Waals surface area contributed by atoms with Gasteiger partial charge in [-0.15, -0.1) is 16.4 Å². The number of aromatic nitrogens is 2. The van der Waals surface area contributed by atoms with Crippen molar-refractivity contribution in [2.45, 2.75) is 13.0 Å². The van der Waals surface area contributed by atoms with Gasteiger partial charge in [0.2, 0.25) is 0 Å². The Morgan fingerprint density at radius 2 is 2.29 bits per heavy atom. The lowest BCUT2D eigenvalue weighted by molar-refractivity contribution is -0.139. The molecule has 0 aliphatic rings. The van der Waals surface area contributed by atoms with Crippen molar-refractivity contribution < 1.29 is 9.53 Å². The summed E-state index contributed by atoms with van der Waals surface area (Å²) >= 11 is 2.92. The Kier molecular flexibility index (Phi) is 4.05. The van der Waals surface area contributed by atoms with Crippen LogP contribution < -0.4 is 5.32 Å². The zero-order chi connectivity index (χ0) is 12.1. The van der Waals surface area contributed by atoms with Crippen LogP contribution in [0.3, 0.4) is 0 Å². The highest BCUT2D eigenvalue weighted by Gasteiger charge is 2.06. The lowest BCUT2D eigenvalue weighted by Gasteiger charge is -1.98. The number of anilines is 1. The van der Waals surface area contributed by atoms with E-state index in [9.17, 15) is 4.79 Å². The minimum Gasteiger partial charge on any atom is -0.469 e. The van der Waals surface area contributed by atoms with Gasteiger partial charge in [-0.1, -0.05) is 4.49 Å². The molecule has 0 radical (unpaired) electrons. The van der Waals surface area contributed by atoms with Gasteiger partial charge in [-0.05, 0) is 12.1 Å². The van der Waals surface area contributed by atoms with Crippen LogP contribution in [-0.4, -0.2) is 22.7 Å². The molecule has 0 saturated carbocycles. The van der Waals surface area contributed by atoms with Gasteiger partial charge in [0.25, 0.3) is 0 Å². The molecule has 2 rings (SSSR count). The molecule has 0 spiro atoms. The molecule has 1 N–H and O–H groups in total. The molecule has 0 saturated heterocycles. The van der Waals surface area contributed by atoms with Crippen molar-refractivity contribution in [1.82, 2.24) is 9.59 Å². The molecule has 2 aromatic heterocycles. The second-order valence-electron chi connectivity index (χ2n) is 3.26. The Hall–Kier alpha value is -1.47. The van der Waals surface area contributed by atoms with Gasteiger partial charge in [0, 0.05) is 21.3 Å². The molecule has 2 aromatic rings. The van der Waals surface area contributed by atoms with Crippen LogP contribution >= 0.6 is 22.9 Å². The fourth-order valence-electron chi connectivity index (χ4n) is 1.25. The Morgan fingerprint density at radius 1 is 1.47 bits per heavy atom. The number of rotatable bonds is 5. The van der Waals surface area contributed by atoms with Crippen molar-refractivity contribution >= 4 is 33.8 Å². The van der Waals surface area contributed by atoms with Gasteiger partial charge < -0.3 is 10.1 Å². The predicted molar refractivity (Wildman–Crippen MR) is 67.3 cm³/mol. The average Bonchev–Trinajstić information content (AvgIpc) is 2.97. The second kappa shape index (κ2) is 5.74. The maximum absolute atomic E-state index is 11.1. The van der Waals surface area contributed by atoms with Gasteiger partial charge in [-0.25, -0.2) is 0 Å². The Bertz CT molecular complexity index is 481. The van der Waals surface area contributed by atoms with E-state index in [1.165, 1.54) is 18.6 Å². The SMILES string of the molecule is COC(=O)Cc1ccc(CNc2cnns2)s1. The van der Waals surface area contributed by atoms with Crippen molar-refractivity contribution in [3.8, 4) is 0 Å². The highest BCUT2D eigenvalue weighted by Crippen LogP contribution is 2.19. The number of carbonyl (C=O) groups is 1. The predicted octanol–water partition coefficient (Wildman–Crippen LogP) is 1.93. The molecule has 2 heterocycles. The monoisotopic (exact) mass is 269 g/mol. The lowest BCUT2D eigenvalue weighted by Crippen LogP contribution is -2.02. The number of esters is 1. The highest BCUT2D eigenvalue weighted by atomic mass is 32.1. The molecular weight excluding hydrogens is 258 g/mol. The minimum atomic E-state index is -0.210. The summed E-state index contributed by atoms with van der Waals surface area (Å²) in [4.78, 5) is 13.3. The van der Waals surface area contributed by atoms with E-state index >= 15 is 0 Å². The van der Waals surface area contributed by atoms with Crippen molar-refractivity contribution in [1.29, 1.82) is 0 Å². The molecule has 17 heavy (non-hydrogen) atoms. The maximum Gasteiger partial charge on any atom is 0.310 e. The first kappa shape index (κ1) is 12.0. The van der Waals surface area contributed by atoms with Crippen LogP contribution in [0.5, 0.6) is 0 Å². The molecule has 0 aliphatic heterocycles. The first-order chi connectivity index (χ1) is 8.28. The Morgan fingerprint density at radius 3 is 3.00 bits per heavy atom. The molecule has 7 heteroatoms. The Labute approximate surface area is 107 Å². The van der Waals surface area contributed by atoms with Gasteiger partial charge in [-0.2, -0.15) is 0 Å². The van der Waals surface area contributed by atoms with Gasteiger partial charge in [0.05, 0.1) is 26.3 Å². The van der Waals surface area contributed by atoms with Gasteiger partial charge in [0.1, 0.15) is 5.00 Å². The van der Waals surface area contributed by atoms with Crippen LogP contribution in [0.4, 0.5) is 5.00 Å². The van der Waals surface area contributed by atoms with E-state index < -0.39 is 0 Å². The number of thiophene rings is 1. The molecule has 0 atom stereocenters. The average molecular weight is 269 g/mol. The van der Waals surface area contributed by atoms with Crippen LogP contribution in [0.1, 0.15) is 9.75 Å². The van der Waals surface area contributed by atoms with E-state index in [1.807, 2.05) is 12.1 Å². The molecule has 0 amide bonds. The van der Waals surface area contributed by atoms with E-state index in [-0.39, 0.29) is 5.97 Å².